The van der Waals surface area contributed by atoms with Gasteiger partial charge in [0.2, 0.25) is 0 Å². The van der Waals surface area contributed by atoms with Crippen LogP contribution in [0.2, 0.25) is 0 Å². The van der Waals surface area contributed by atoms with Crippen molar-refractivity contribution in [3.05, 3.63) is 0 Å². The molecule has 0 aromatic rings. The van der Waals surface area contributed by atoms with Crippen LogP contribution in [-0.4, -0.2) is 56.2 Å². The average molecular weight is 229 g/mol. The van der Waals surface area contributed by atoms with Crippen LogP contribution >= 0.6 is 0 Å². The minimum atomic E-state index is 1.19. The standard InChI is InChI=1S/C14H33N2/c1-6-9-10-13-16(4,5)14-11-12-15(7-2)8-3/h6-14H2,1-5H3/q+1. The van der Waals surface area contributed by atoms with Gasteiger partial charge in [-0.3, -0.25) is 0 Å². The SMILES string of the molecule is CCCCC[N+](C)(C)CCCN(CC)CC. The van der Waals surface area contributed by atoms with Crippen LogP contribution < -0.4 is 0 Å². The average Bonchev–Trinajstić information content (AvgIpc) is 2.24. The third-order valence-corrected chi connectivity index (χ3v) is 3.50. The summed E-state index contributed by atoms with van der Waals surface area (Å²) < 4.78 is 1.20. The van der Waals surface area contributed by atoms with Crippen LogP contribution in [0.5, 0.6) is 0 Å². The largest absolute Gasteiger partial charge is 0.328 e. The summed E-state index contributed by atoms with van der Waals surface area (Å²) in [5, 5.41) is 0. The van der Waals surface area contributed by atoms with Gasteiger partial charge in [-0.15, -0.1) is 0 Å². The molecule has 0 aliphatic carbocycles. The molecule has 0 amide bonds. The molecule has 0 radical (unpaired) electrons. The normalized spacial score (nSPS) is 12.4. The van der Waals surface area contributed by atoms with Gasteiger partial charge in [0.1, 0.15) is 0 Å². The monoisotopic (exact) mass is 229 g/mol. The van der Waals surface area contributed by atoms with Crippen molar-refractivity contribution in [2.24, 2.45) is 0 Å². The lowest BCUT2D eigenvalue weighted by atomic mass is 10.2. The second-order valence-electron chi connectivity index (χ2n) is 5.47. The smallest absolute Gasteiger partial charge is 0.0794 e. The second kappa shape index (κ2) is 9.00. The van der Waals surface area contributed by atoms with Crippen molar-refractivity contribution in [1.29, 1.82) is 0 Å². The molecule has 0 aromatic heterocycles. The maximum Gasteiger partial charge on any atom is 0.0794 e. The van der Waals surface area contributed by atoms with E-state index in [1.165, 1.54) is 62.9 Å². The molecule has 0 heterocycles. The first kappa shape index (κ1) is 15.9. The summed E-state index contributed by atoms with van der Waals surface area (Å²) in [5.41, 5.74) is 0. The summed E-state index contributed by atoms with van der Waals surface area (Å²) in [4.78, 5) is 2.52. The summed E-state index contributed by atoms with van der Waals surface area (Å²) in [5.74, 6) is 0. The van der Waals surface area contributed by atoms with Crippen molar-refractivity contribution in [3.63, 3.8) is 0 Å². The first-order valence-electron chi connectivity index (χ1n) is 7.10. The predicted octanol–water partition coefficient (Wildman–Crippen LogP) is 2.98. The number of hydrogen-bond donors (Lipinski definition) is 0. The van der Waals surface area contributed by atoms with Crippen molar-refractivity contribution in [1.82, 2.24) is 4.90 Å². The van der Waals surface area contributed by atoms with Gasteiger partial charge in [0.25, 0.3) is 0 Å². The number of quaternary nitrogens is 1. The molecule has 0 aromatic carbocycles. The molecule has 0 spiro atoms. The molecule has 2 heteroatoms. The Bertz CT molecular complexity index is 151. The van der Waals surface area contributed by atoms with E-state index in [1.807, 2.05) is 0 Å². The number of unbranched alkanes of at least 4 members (excludes halogenated alkanes) is 2. The van der Waals surface area contributed by atoms with Crippen LogP contribution in [-0.2, 0) is 0 Å². The topological polar surface area (TPSA) is 3.24 Å². The fourth-order valence-corrected chi connectivity index (χ4v) is 2.16. The van der Waals surface area contributed by atoms with Crippen molar-refractivity contribution in [2.75, 3.05) is 46.8 Å². The number of hydrogen-bond acceptors (Lipinski definition) is 1. The summed E-state index contributed by atoms with van der Waals surface area (Å²) in [6.45, 7) is 13.1. The highest BCUT2D eigenvalue weighted by Gasteiger charge is 2.14. The molecule has 0 saturated carbocycles. The van der Waals surface area contributed by atoms with Crippen LogP contribution in [0.4, 0.5) is 0 Å². The quantitative estimate of drug-likeness (QED) is 0.411. The first-order chi connectivity index (χ1) is 7.55. The Morgan fingerprint density at radius 3 is 1.88 bits per heavy atom. The van der Waals surface area contributed by atoms with Crippen LogP contribution in [0, 0.1) is 0 Å². The molecule has 16 heavy (non-hydrogen) atoms. The van der Waals surface area contributed by atoms with Gasteiger partial charge in [-0.25, -0.2) is 0 Å². The molecule has 0 N–H and O–H groups in total. The molecule has 2 nitrogen and oxygen atoms in total. The fourth-order valence-electron chi connectivity index (χ4n) is 2.16. The van der Waals surface area contributed by atoms with Crippen molar-refractivity contribution in [2.45, 2.75) is 46.5 Å². The van der Waals surface area contributed by atoms with E-state index in [1.54, 1.807) is 0 Å². The lowest BCUT2D eigenvalue weighted by Crippen LogP contribution is -2.42. The molecule has 0 atom stereocenters. The minimum Gasteiger partial charge on any atom is -0.328 e. The molecule has 0 fully saturated rings. The zero-order chi connectivity index (χ0) is 12.4. The molecule has 0 saturated heterocycles. The van der Waals surface area contributed by atoms with E-state index in [4.69, 9.17) is 0 Å². The van der Waals surface area contributed by atoms with Gasteiger partial charge in [0.15, 0.2) is 0 Å². The molecule has 0 aliphatic rings. The molecule has 0 rings (SSSR count). The highest BCUT2D eigenvalue weighted by molar-refractivity contribution is 4.52. The van der Waals surface area contributed by atoms with E-state index < -0.39 is 0 Å². The Balaban J connectivity index is 3.63. The van der Waals surface area contributed by atoms with Gasteiger partial charge in [0.05, 0.1) is 27.2 Å². The van der Waals surface area contributed by atoms with E-state index >= 15 is 0 Å². The summed E-state index contributed by atoms with van der Waals surface area (Å²) >= 11 is 0. The van der Waals surface area contributed by atoms with Crippen LogP contribution in [0.1, 0.15) is 46.5 Å². The third-order valence-electron chi connectivity index (χ3n) is 3.50. The molecule has 98 valence electrons. The van der Waals surface area contributed by atoms with E-state index in [9.17, 15) is 0 Å². The van der Waals surface area contributed by atoms with Crippen LogP contribution in [0.25, 0.3) is 0 Å². The molecule has 0 unspecified atom stereocenters. The van der Waals surface area contributed by atoms with E-state index in [-0.39, 0.29) is 0 Å². The van der Waals surface area contributed by atoms with E-state index in [2.05, 4.69) is 39.8 Å². The van der Waals surface area contributed by atoms with Crippen molar-refractivity contribution < 1.29 is 4.48 Å². The second-order valence-corrected chi connectivity index (χ2v) is 5.47. The van der Waals surface area contributed by atoms with Gasteiger partial charge >= 0.3 is 0 Å². The Morgan fingerprint density at radius 1 is 0.812 bits per heavy atom. The number of rotatable bonds is 10. The highest BCUT2D eigenvalue weighted by atomic mass is 15.3. The van der Waals surface area contributed by atoms with Crippen LogP contribution in [0.3, 0.4) is 0 Å². The molecule has 0 bridgehead atoms. The molecular formula is C14H33N2+. The highest BCUT2D eigenvalue weighted by Crippen LogP contribution is 2.05. The third kappa shape index (κ3) is 8.12. The van der Waals surface area contributed by atoms with Crippen LogP contribution in [0.15, 0.2) is 0 Å². The Morgan fingerprint density at radius 2 is 1.38 bits per heavy atom. The lowest BCUT2D eigenvalue weighted by Gasteiger charge is -2.31. The van der Waals surface area contributed by atoms with Crippen molar-refractivity contribution in [3.8, 4) is 0 Å². The zero-order valence-corrected chi connectivity index (χ0v) is 12.3. The molecule has 0 aliphatic heterocycles. The van der Waals surface area contributed by atoms with E-state index in [0.29, 0.717) is 0 Å². The summed E-state index contributed by atoms with van der Waals surface area (Å²) in [6, 6.07) is 0. The van der Waals surface area contributed by atoms with Gasteiger partial charge in [-0.2, -0.15) is 0 Å². The summed E-state index contributed by atoms with van der Waals surface area (Å²) in [6.07, 6.45) is 5.44. The Labute approximate surface area is 103 Å². The molecular weight excluding hydrogens is 196 g/mol. The van der Waals surface area contributed by atoms with Gasteiger partial charge in [-0.05, 0) is 25.9 Å². The zero-order valence-electron chi connectivity index (χ0n) is 12.3. The number of nitrogens with zero attached hydrogens (tertiary/aromatic N) is 2. The lowest BCUT2D eigenvalue weighted by molar-refractivity contribution is -0.890. The van der Waals surface area contributed by atoms with Gasteiger partial charge in [0, 0.05) is 13.0 Å². The van der Waals surface area contributed by atoms with Gasteiger partial charge < -0.3 is 9.38 Å². The maximum absolute atomic E-state index is 2.52. The van der Waals surface area contributed by atoms with Crippen molar-refractivity contribution >= 4 is 0 Å². The Hall–Kier alpha value is -0.0800. The fraction of sp³-hybridized carbons (Fsp3) is 1.00. The minimum absolute atomic E-state index is 1.19. The Kier molecular flexibility index (Phi) is 8.96. The first-order valence-corrected chi connectivity index (χ1v) is 7.10. The predicted molar refractivity (Wildman–Crippen MR) is 73.8 cm³/mol. The summed E-state index contributed by atoms with van der Waals surface area (Å²) in [7, 11) is 4.75. The van der Waals surface area contributed by atoms with E-state index in [0.717, 1.165) is 0 Å². The maximum atomic E-state index is 2.52. The van der Waals surface area contributed by atoms with Gasteiger partial charge in [-0.1, -0.05) is 27.2 Å².